The molecular weight excluding hydrogens is 228 g/mol. The van der Waals surface area contributed by atoms with Gasteiger partial charge in [-0.2, -0.15) is 0 Å². The van der Waals surface area contributed by atoms with E-state index in [2.05, 4.69) is 0 Å². The molecule has 1 aromatic rings. The third kappa shape index (κ3) is 2.61. The Morgan fingerprint density at radius 3 is 2.59 bits per heavy atom. The number of aliphatic hydroxyl groups excluding tert-OH is 1. The van der Waals surface area contributed by atoms with Crippen LogP contribution in [0.4, 0.5) is 8.78 Å². The van der Waals surface area contributed by atoms with Crippen molar-refractivity contribution in [2.24, 2.45) is 0 Å². The second-order valence-electron chi connectivity index (χ2n) is 4.16. The minimum atomic E-state index is -0.710. The first-order valence-electron chi connectivity index (χ1n) is 5.46. The van der Waals surface area contributed by atoms with Crippen LogP contribution in [-0.2, 0) is 11.2 Å². The van der Waals surface area contributed by atoms with E-state index < -0.39 is 17.7 Å². The molecule has 92 valence electrons. The number of hydrogen-bond donors (Lipinski definition) is 1. The second kappa shape index (κ2) is 4.79. The molecule has 1 aromatic carbocycles. The fraction of sp³-hybridized carbons (Fsp3) is 0.417. The van der Waals surface area contributed by atoms with E-state index in [-0.39, 0.29) is 24.4 Å². The molecule has 3 nitrogen and oxygen atoms in total. The lowest BCUT2D eigenvalue weighted by atomic mass is 10.1. The molecule has 1 saturated heterocycles. The van der Waals surface area contributed by atoms with Crippen LogP contribution in [0.25, 0.3) is 0 Å². The number of carbonyl (C=O) groups excluding carboxylic acids is 1. The number of amides is 1. The van der Waals surface area contributed by atoms with Gasteiger partial charge < -0.3 is 10.0 Å². The average Bonchev–Trinajstić information content (AvgIpc) is 2.70. The molecule has 1 fully saturated rings. The highest BCUT2D eigenvalue weighted by molar-refractivity contribution is 5.79. The van der Waals surface area contributed by atoms with Gasteiger partial charge in [-0.3, -0.25) is 4.79 Å². The molecular formula is C12H13F2NO2. The highest BCUT2D eigenvalue weighted by Gasteiger charge is 2.25. The van der Waals surface area contributed by atoms with Gasteiger partial charge in [0.2, 0.25) is 5.91 Å². The lowest BCUT2D eigenvalue weighted by Crippen LogP contribution is -2.31. The van der Waals surface area contributed by atoms with Crippen molar-refractivity contribution in [3.8, 4) is 0 Å². The van der Waals surface area contributed by atoms with Crippen molar-refractivity contribution >= 4 is 5.91 Å². The second-order valence-corrected chi connectivity index (χ2v) is 4.16. The Morgan fingerprint density at radius 1 is 1.41 bits per heavy atom. The maximum absolute atomic E-state index is 13.3. The maximum atomic E-state index is 13.3. The molecule has 1 amide bonds. The number of rotatable bonds is 2. The standard InChI is InChI=1S/C12H13F2NO2/c13-10-2-1-3-11(14)9(10)6-12(17)15-5-4-8(16)7-15/h1-3,8,16H,4-7H2. The van der Waals surface area contributed by atoms with Gasteiger partial charge in [0.25, 0.3) is 0 Å². The molecule has 0 aliphatic carbocycles. The number of hydrogen-bond acceptors (Lipinski definition) is 2. The topological polar surface area (TPSA) is 40.5 Å². The third-order valence-electron chi connectivity index (χ3n) is 2.91. The molecule has 1 N–H and O–H groups in total. The summed E-state index contributed by atoms with van der Waals surface area (Å²) in [5.74, 6) is -1.78. The Labute approximate surface area is 97.7 Å². The van der Waals surface area contributed by atoms with Gasteiger partial charge in [-0.05, 0) is 18.6 Å². The maximum Gasteiger partial charge on any atom is 0.227 e. The lowest BCUT2D eigenvalue weighted by molar-refractivity contribution is -0.129. The number of likely N-dealkylation sites (tertiary alicyclic amines) is 1. The van der Waals surface area contributed by atoms with Crippen molar-refractivity contribution in [2.45, 2.75) is 18.9 Å². The van der Waals surface area contributed by atoms with Gasteiger partial charge >= 0.3 is 0 Å². The van der Waals surface area contributed by atoms with E-state index in [9.17, 15) is 18.7 Å². The molecule has 0 bridgehead atoms. The molecule has 1 unspecified atom stereocenters. The molecule has 17 heavy (non-hydrogen) atoms. The molecule has 0 aromatic heterocycles. The molecule has 1 atom stereocenters. The van der Waals surface area contributed by atoms with E-state index in [0.29, 0.717) is 13.0 Å². The van der Waals surface area contributed by atoms with Gasteiger partial charge in [0.15, 0.2) is 0 Å². The van der Waals surface area contributed by atoms with Gasteiger partial charge in [0.05, 0.1) is 12.5 Å². The first-order chi connectivity index (χ1) is 8.08. The van der Waals surface area contributed by atoms with E-state index in [1.54, 1.807) is 0 Å². The number of β-amino-alcohol motifs (C(OH)–C–C–N with tert-alkyl or cyclic N) is 1. The van der Waals surface area contributed by atoms with Gasteiger partial charge in [0, 0.05) is 18.7 Å². The Kier molecular flexibility index (Phi) is 3.38. The van der Waals surface area contributed by atoms with Crippen molar-refractivity contribution in [2.75, 3.05) is 13.1 Å². The van der Waals surface area contributed by atoms with Gasteiger partial charge in [0.1, 0.15) is 11.6 Å². The van der Waals surface area contributed by atoms with Crippen molar-refractivity contribution in [3.63, 3.8) is 0 Å². The summed E-state index contributed by atoms with van der Waals surface area (Å²) in [5, 5.41) is 9.28. The summed E-state index contributed by atoms with van der Waals surface area (Å²) in [6.07, 6.45) is -0.305. The summed E-state index contributed by atoms with van der Waals surface area (Å²) in [6.45, 7) is 0.685. The molecule has 2 rings (SSSR count). The summed E-state index contributed by atoms with van der Waals surface area (Å²) in [7, 11) is 0. The average molecular weight is 241 g/mol. The Morgan fingerprint density at radius 2 is 2.06 bits per heavy atom. The summed E-state index contributed by atoms with van der Waals surface area (Å²) >= 11 is 0. The summed E-state index contributed by atoms with van der Waals surface area (Å²) in [6, 6.07) is 3.52. The number of nitrogens with zero attached hydrogens (tertiary/aromatic N) is 1. The quantitative estimate of drug-likeness (QED) is 0.842. The summed E-state index contributed by atoms with van der Waals surface area (Å²) in [4.78, 5) is 13.2. The SMILES string of the molecule is O=C(Cc1c(F)cccc1F)N1CCC(O)C1. The lowest BCUT2D eigenvalue weighted by Gasteiger charge is -2.15. The number of halogens is 2. The first kappa shape index (κ1) is 12.0. The van der Waals surface area contributed by atoms with E-state index >= 15 is 0 Å². The van der Waals surface area contributed by atoms with Crippen LogP contribution in [0, 0.1) is 11.6 Å². The number of aliphatic hydroxyl groups is 1. The Balaban J connectivity index is 2.08. The van der Waals surface area contributed by atoms with Crippen LogP contribution >= 0.6 is 0 Å². The highest BCUT2D eigenvalue weighted by Crippen LogP contribution is 2.16. The fourth-order valence-electron chi connectivity index (χ4n) is 1.93. The van der Waals surface area contributed by atoms with Crippen LogP contribution in [0.1, 0.15) is 12.0 Å². The molecule has 1 heterocycles. The van der Waals surface area contributed by atoms with Crippen LogP contribution in [0.3, 0.4) is 0 Å². The zero-order chi connectivity index (χ0) is 12.4. The molecule has 5 heteroatoms. The molecule has 0 spiro atoms. The predicted octanol–water partition coefficient (Wildman–Crippen LogP) is 1.10. The van der Waals surface area contributed by atoms with Crippen LogP contribution in [0.15, 0.2) is 18.2 Å². The molecule has 0 radical (unpaired) electrons. The van der Waals surface area contributed by atoms with E-state index in [1.165, 1.54) is 11.0 Å². The molecule has 1 aliphatic heterocycles. The van der Waals surface area contributed by atoms with Gasteiger partial charge in [-0.15, -0.1) is 0 Å². The van der Waals surface area contributed by atoms with Crippen LogP contribution in [-0.4, -0.2) is 35.1 Å². The van der Waals surface area contributed by atoms with Crippen LogP contribution in [0.5, 0.6) is 0 Å². The largest absolute Gasteiger partial charge is 0.391 e. The van der Waals surface area contributed by atoms with Gasteiger partial charge in [-0.25, -0.2) is 8.78 Å². The zero-order valence-corrected chi connectivity index (χ0v) is 9.20. The minimum Gasteiger partial charge on any atom is -0.391 e. The van der Waals surface area contributed by atoms with Crippen LogP contribution in [0.2, 0.25) is 0 Å². The van der Waals surface area contributed by atoms with Gasteiger partial charge in [-0.1, -0.05) is 6.07 Å². The highest BCUT2D eigenvalue weighted by atomic mass is 19.1. The first-order valence-corrected chi connectivity index (χ1v) is 5.46. The van der Waals surface area contributed by atoms with Crippen molar-refractivity contribution in [1.82, 2.24) is 4.90 Å². The van der Waals surface area contributed by atoms with Crippen LogP contribution < -0.4 is 0 Å². The minimum absolute atomic E-state index is 0.209. The molecule has 0 saturated carbocycles. The van der Waals surface area contributed by atoms with E-state index in [4.69, 9.17) is 0 Å². The van der Waals surface area contributed by atoms with E-state index in [1.807, 2.05) is 0 Å². The predicted molar refractivity (Wildman–Crippen MR) is 57.3 cm³/mol. The Bertz CT molecular complexity index is 416. The normalized spacial score (nSPS) is 19.7. The fourth-order valence-corrected chi connectivity index (χ4v) is 1.93. The van der Waals surface area contributed by atoms with Crippen molar-refractivity contribution in [3.05, 3.63) is 35.4 Å². The number of carbonyl (C=O) groups is 1. The Hall–Kier alpha value is -1.49. The number of benzene rings is 1. The summed E-state index contributed by atoms with van der Waals surface area (Å²) in [5.41, 5.74) is -0.209. The third-order valence-corrected chi connectivity index (χ3v) is 2.91. The molecule has 1 aliphatic rings. The van der Waals surface area contributed by atoms with Crippen molar-refractivity contribution < 1.29 is 18.7 Å². The van der Waals surface area contributed by atoms with Crippen molar-refractivity contribution in [1.29, 1.82) is 0 Å². The smallest absolute Gasteiger partial charge is 0.227 e. The zero-order valence-electron chi connectivity index (χ0n) is 9.20. The van der Waals surface area contributed by atoms with E-state index in [0.717, 1.165) is 12.1 Å². The summed E-state index contributed by atoms with van der Waals surface area (Å²) < 4.78 is 26.6. The monoisotopic (exact) mass is 241 g/mol.